The van der Waals surface area contributed by atoms with Gasteiger partial charge in [-0.25, -0.2) is 4.79 Å². The standard InChI is InChI=1S/C13H17NO2/c1-13(2)8-9-14(12(15)16-13)10-11-6-4-3-5-7-11/h3-7H,8-10H2,1-2H3. The van der Waals surface area contributed by atoms with Gasteiger partial charge in [0.15, 0.2) is 0 Å². The van der Waals surface area contributed by atoms with E-state index in [-0.39, 0.29) is 11.7 Å². The third-order valence-electron chi connectivity index (χ3n) is 2.82. The van der Waals surface area contributed by atoms with E-state index in [1.807, 2.05) is 44.2 Å². The van der Waals surface area contributed by atoms with Crippen LogP contribution >= 0.6 is 0 Å². The number of benzene rings is 1. The van der Waals surface area contributed by atoms with Gasteiger partial charge in [-0.05, 0) is 19.4 Å². The Balaban J connectivity index is 2.00. The second-order valence-electron chi connectivity index (χ2n) is 4.78. The van der Waals surface area contributed by atoms with Crippen molar-refractivity contribution in [2.75, 3.05) is 6.54 Å². The molecule has 1 aliphatic heterocycles. The smallest absolute Gasteiger partial charge is 0.410 e. The van der Waals surface area contributed by atoms with Gasteiger partial charge in [0.2, 0.25) is 0 Å². The molecule has 0 unspecified atom stereocenters. The number of hydrogen-bond donors (Lipinski definition) is 0. The van der Waals surface area contributed by atoms with Crippen molar-refractivity contribution in [2.45, 2.75) is 32.4 Å². The summed E-state index contributed by atoms with van der Waals surface area (Å²) in [6, 6.07) is 9.98. The predicted octanol–water partition coefficient (Wildman–Crippen LogP) is 2.81. The summed E-state index contributed by atoms with van der Waals surface area (Å²) in [7, 11) is 0. The molecular weight excluding hydrogens is 202 g/mol. The summed E-state index contributed by atoms with van der Waals surface area (Å²) in [6.07, 6.45) is 0.672. The maximum Gasteiger partial charge on any atom is 0.410 e. The molecule has 2 rings (SSSR count). The number of rotatable bonds is 2. The van der Waals surface area contributed by atoms with Crippen molar-refractivity contribution in [1.29, 1.82) is 0 Å². The first kappa shape index (κ1) is 11.0. The molecule has 16 heavy (non-hydrogen) atoms. The molecule has 0 radical (unpaired) electrons. The molecule has 3 heteroatoms. The monoisotopic (exact) mass is 219 g/mol. The lowest BCUT2D eigenvalue weighted by Crippen LogP contribution is -2.46. The lowest BCUT2D eigenvalue weighted by atomic mass is 10.0. The molecule has 0 aromatic heterocycles. The van der Waals surface area contributed by atoms with Crippen LogP contribution < -0.4 is 0 Å². The van der Waals surface area contributed by atoms with E-state index in [9.17, 15) is 4.79 Å². The molecule has 1 aromatic carbocycles. The van der Waals surface area contributed by atoms with Gasteiger partial charge >= 0.3 is 6.09 Å². The summed E-state index contributed by atoms with van der Waals surface area (Å²) in [5.74, 6) is 0. The van der Waals surface area contributed by atoms with Crippen LogP contribution in [-0.2, 0) is 11.3 Å². The molecule has 0 bridgehead atoms. The van der Waals surface area contributed by atoms with Crippen LogP contribution in [0.4, 0.5) is 4.79 Å². The minimum absolute atomic E-state index is 0.208. The zero-order valence-corrected chi connectivity index (χ0v) is 9.77. The molecule has 1 fully saturated rings. The Morgan fingerprint density at radius 3 is 2.62 bits per heavy atom. The lowest BCUT2D eigenvalue weighted by molar-refractivity contribution is -0.0274. The van der Waals surface area contributed by atoms with Gasteiger partial charge in [-0.1, -0.05) is 30.3 Å². The van der Waals surface area contributed by atoms with E-state index in [1.165, 1.54) is 0 Å². The Hall–Kier alpha value is -1.51. The molecule has 0 atom stereocenters. The van der Waals surface area contributed by atoms with E-state index in [0.29, 0.717) is 6.54 Å². The van der Waals surface area contributed by atoms with Crippen LogP contribution in [0.2, 0.25) is 0 Å². The average Bonchev–Trinajstić information content (AvgIpc) is 2.23. The van der Waals surface area contributed by atoms with Crippen LogP contribution in [0.15, 0.2) is 30.3 Å². The van der Waals surface area contributed by atoms with E-state index in [4.69, 9.17) is 4.74 Å². The van der Waals surface area contributed by atoms with Crippen LogP contribution in [-0.4, -0.2) is 23.1 Å². The van der Waals surface area contributed by atoms with E-state index in [1.54, 1.807) is 4.90 Å². The predicted molar refractivity (Wildman–Crippen MR) is 62.0 cm³/mol. The van der Waals surface area contributed by atoms with Crippen LogP contribution in [0, 0.1) is 0 Å². The largest absolute Gasteiger partial charge is 0.443 e. The number of carbonyl (C=O) groups is 1. The first-order valence-corrected chi connectivity index (χ1v) is 5.59. The molecule has 1 amide bonds. The summed E-state index contributed by atoms with van der Waals surface area (Å²) < 4.78 is 5.35. The van der Waals surface area contributed by atoms with Crippen LogP contribution in [0.25, 0.3) is 0 Å². The summed E-state index contributed by atoms with van der Waals surface area (Å²) in [4.78, 5) is 13.5. The number of amides is 1. The van der Waals surface area contributed by atoms with Crippen molar-refractivity contribution in [2.24, 2.45) is 0 Å². The minimum atomic E-state index is -0.315. The lowest BCUT2D eigenvalue weighted by Gasteiger charge is -2.36. The van der Waals surface area contributed by atoms with Gasteiger partial charge in [-0.2, -0.15) is 0 Å². The molecule has 3 nitrogen and oxygen atoms in total. The topological polar surface area (TPSA) is 29.5 Å². The second kappa shape index (κ2) is 4.16. The molecule has 0 saturated carbocycles. The maximum atomic E-state index is 11.7. The molecular formula is C13H17NO2. The van der Waals surface area contributed by atoms with E-state index in [0.717, 1.165) is 18.5 Å². The number of carbonyl (C=O) groups excluding carboxylic acids is 1. The van der Waals surface area contributed by atoms with Crippen molar-refractivity contribution in [3.8, 4) is 0 Å². The zero-order valence-electron chi connectivity index (χ0n) is 9.77. The Kier molecular flexibility index (Phi) is 2.86. The summed E-state index contributed by atoms with van der Waals surface area (Å²) >= 11 is 0. The van der Waals surface area contributed by atoms with Crippen LogP contribution in [0.3, 0.4) is 0 Å². The van der Waals surface area contributed by atoms with Crippen molar-refractivity contribution < 1.29 is 9.53 Å². The van der Waals surface area contributed by atoms with Gasteiger partial charge in [-0.3, -0.25) is 0 Å². The number of ether oxygens (including phenoxy) is 1. The molecule has 0 spiro atoms. The second-order valence-corrected chi connectivity index (χ2v) is 4.78. The van der Waals surface area contributed by atoms with Crippen molar-refractivity contribution in [1.82, 2.24) is 4.90 Å². The summed E-state index contributed by atoms with van der Waals surface area (Å²) in [5, 5.41) is 0. The molecule has 0 N–H and O–H groups in total. The molecule has 1 heterocycles. The fraction of sp³-hybridized carbons (Fsp3) is 0.462. The Bertz CT molecular complexity index is 373. The SMILES string of the molecule is CC1(C)CCN(Cc2ccccc2)C(=O)O1. The maximum absolute atomic E-state index is 11.7. The van der Waals surface area contributed by atoms with Gasteiger partial charge in [0, 0.05) is 19.5 Å². The van der Waals surface area contributed by atoms with Gasteiger partial charge in [0.05, 0.1) is 0 Å². The van der Waals surface area contributed by atoms with Gasteiger partial charge < -0.3 is 9.64 Å². The van der Waals surface area contributed by atoms with Crippen LogP contribution in [0.5, 0.6) is 0 Å². The third-order valence-corrected chi connectivity index (χ3v) is 2.82. The van der Waals surface area contributed by atoms with Crippen molar-refractivity contribution >= 4 is 6.09 Å². The highest BCUT2D eigenvalue weighted by molar-refractivity contribution is 5.69. The van der Waals surface area contributed by atoms with Gasteiger partial charge in [-0.15, -0.1) is 0 Å². The molecule has 1 aromatic rings. The highest BCUT2D eigenvalue weighted by Gasteiger charge is 2.32. The highest BCUT2D eigenvalue weighted by atomic mass is 16.6. The quantitative estimate of drug-likeness (QED) is 0.765. The molecule has 86 valence electrons. The van der Waals surface area contributed by atoms with E-state index in [2.05, 4.69) is 0 Å². The van der Waals surface area contributed by atoms with Crippen LogP contribution in [0.1, 0.15) is 25.8 Å². The average molecular weight is 219 g/mol. The zero-order chi connectivity index (χ0) is 11.6. The summed E-state index contributed by atoms with van der Waals surface area (Å²) in [5.41, 5.74) is 0.823. The molecule has 0 aliphatic carbocycles. The highest BCUT2D eigenvalue weighted by Crippen LogP contribution is 2.23. The normalized spacial score (nSPS) is 19.4. The third kappa shape index (κ3) is 2.54. The Labute approximate surface area is 96.0 Å². The van der Waals surface area contributed by atoms with E-state index >= 15 is 0 Å². The van der Waals surface area contributed by atoms with E-state index < -0.39 is 0 Å². The first-order chi connectivity index (χ1) is 7.57. The van der Waals surface area contributed by atoms with Gasteiger partial charge in [0.25, 0.3) is 0 Å². The summed E-state index contributed by atoms with van der Waals surface area (Å²) in [6.45, 7) is 5.30. The minimum Gasteiger partial charge on any atom is -0.443 e. The molecule has 1 aliphatic rings. The first-order valence-electron chi connectivity index (χ1n) is 5.59. The number of cyclic esters (lactones) is 1. The fourth-order valence-electron chi connectivity index (χ4n) is 1.79. The Morgan fingerprint density at radius 2 is 2.00 bits per heavy atom. The Morgan fingerprint density at radius 1 is 1.31 bits per heavy atom. The fourth-order valence-corrected chi connectivity index (χ4v) is 1.79. The van der Waals surface area contributed by atoms with Crippen molar-refractivity contribution in [3.05, 3.63) is 35.9 Å². The van der Waals surface area contributed by atoms with Gasteiger partial charge in [0.1, 0.15) is 5.60 Å². The molecule has 1 saturated heterocycles. The van der Waals surface area contributed by atoms with Crippen molar-refractivity contribution in [3.63, 3.8) is 0 Å². The number of nitrogens with zero attached hydrogens (tertiary/aromatic N) is 1. The number of hydrogen-bond acceptors (Lipinski definition) is 2.